The molecule has 0 bridgehead atoms. The van der Waals surface area contributed by atoms with Crippen LogP contribution < -0.4 is 10.6 Å². The Morgan fingerprint density at radius 2 is 1.66 bits per heavy atom. The standard InChI is InChI=1S/C32H43N3O6/c1-20(2)27(28(36)32(40)41-3)34-30(38)26-14-9-17-35(26)31(39)25(18-21-10-5-4-6-11-21)33-29(37)24-16-15-22-12-7-8-13-23(22)19-24/h7-8,12-13,15-16,19-21,25-28,36H,4-6,9-11,14,17-18H2,1-3H3,(H,33,37)(H,34,38)/t25?,26-,27?,28?/m0/s1. The summed E-state index contributed by atoms with van der Waals surface area (Å²) in [4.78, 5) is 54.4. The van der Waals surface area contributed by atoms with Crippen LogP contribution in [0.1, 0.15) is 75.6 Å². The zero-order chi connectivity index (χ0) is 29.5. The maximum absolute atomic E-state index is 14.0. The Balaban J connectivity index is 1.52. The van der Waals surface area contributed by atoms with Crippen molar-refractivity contribution in [3.63, 3.8) is 0 Å². The first kappa shape index (κ1) is 30.5. The molecule has 3 N–H and O–H groups in total. The van der Waals surface area contributed by atoms with Crippen molar-refractivity contribution in [2.24, 2.45) is 11.8 Å². The molecule has 1 saturated carbocycles. The second-order valence-corrected chi connectivity index (χ2v) is 11.8. The quantitative estimate of drug-likeness (QED) is 0.378. The van der Waals surface area contributed by atoms with Gasteiger partial charge < -0.3 is 25.4 Å². The number of nitrogens with one attached hydrogen (secondary N) is 2. The third-order valence-electron chi connectivity index (χ3n) is 8.56. The highest BCUT2D eigenvalue weighted by Crippen LogP contribution is 2.29. The average Bonchev–Trinajstić information content (AvgIpc) is 3.48. The van der Waals surface area contributed by atoms with E-state index in [1.54, 1.807) is 24.8 Å². The van der Waals surface area contributed by atoms with Crippen LogP contribution >= 0.6 is 0 Å². The number of carbonyl (C=O) groups is 4. The van der Waals surface area contributed by atoms with Crippen molar-refractivity contribution < 1.29 is 29.0 Å². The summed E-state index contributed by atoms with van der Waals surface area (Å²) in [5.41, 5.74) is 0.484. The van der Waals surface area contributed by atoms with Crippen molar-refractivity contribution in [1.29, 1.82) is 0 Å². The molecule has 4 atom stereocenters. The van der Waals surface area contributed by atoms with Gasteiger partial charge in [0.15, 0.2) is 6.10 Å². The predicted octanol–water partition coefficient (Wildman–Crippen LogP) is 3.57. The highest BCUT2D eigenvalue weighted by Gasteiger charge is 2.40. The van der Waals surface area contributed by atoms with Gasteiger partial charge in [-0.25, -0.2) is 4.79 Å². The molecule has 9 nitrogen and oxygen atoms in total. The Kier molecular flexibility index (Phi) is 10.4. The van der Waals surface area contributed by atoms with Crippen molar-refractivity contribution >= 4 is 34.5 Å². The number of amides is 3. The molecule has 222 valence electrons. The van der Waals surface area contributed by atoms with Gasteiger partial charge in [0.25, 0.3) is 5.91 Å². The Bertz CT molecular complexity index is 1240. The van der Waals surface area contributed by atoms with Crippen LogP contribution in [-0.2, 0) is 19.1 Å². The zero-order valence-corrected chi connectivity index (χ0v) is 24.3. The molecule has 0 spiro atoms. The molecule has 4 rings (SSSR count). The number of nitrogens with zero attached hydrogens (tertiary/aromatic N) is 1. The largest absolute Gasteiger partial charge is 0.467 e. The van der Waals surface area contributed by atoms with Crippen molar-refractivity contribution in [3.8, 4) is 0 Å². The van der Waals surface area contributed by atoms with Crippen LogP contribution in [-0.4, -0.2) is 71.6 Å². The third-order valence-corrected chi connectivity index (χ3v) is 8.56. The third kappa shape index (κ3) is 7.44. The summed E-state index contributed by atoms with van der Waals surface area (Å²) in [5.74, 6) is -1.76. The van der Waals surface area contributed by atoms with Gasteiger partial charge in [0, 0.05) is 12.1 Å². The molecule has 0 radical (unpaired) electrons. The molecule has 0 aromatic heterocycles. The van der Waals surface area contributed by atoms with E-state index in [1.165, 1.54) is 13.5 Å². The minimum atomic E-state index is -1.52. The number of likely N-dealkylation sites (tertiary alicyclic amines) is 1. The minimum absolute atomic E-state index is 0.251. The Labute approximate surface area is 242 Å². The van der Waals surface area contributed by atoms with Gasteiger partial charge in [-0.15, -0.1) is 0 Å². The van der Waals surface area contributed by atoms with Gasteiger partial charge in [0.05, 0.1) is 13.2 Å². The number of rotatable bonds is 10. The number of aliphatic hydroxyl groups is 1. The van der Waals surface area contributed by atoms with E-state index in [9.17, 15) is 24.3 Å². The second kappa shape index (κ2) is 13.9. The van der Waals surface area contributed by atoms with Crippen molar-refractivity contribution in [3.05, 3.63) is 48.0 Å². The molecule has 1 saturated heterocycles. The van der Waals surface area contributed by atoms with Gasteiger partial charge in [-0.1, -0.05) is 76.3 Å². The summed E-state index contributed by atoms with van der Waals surface area (Å²) in [6, 6.07) is 10.9. The normalized spacial score (nSPS) is 19.9. The average molecular weight is 566 g/mol. The maximum atomic E-state index is 14.0. The first-order valence-electron chi connectivity index (χ1n) is 14.9. The van der Waals surface area contributed by atoms with E-state index in [4.69, 9.17) is 0 Å². The van der Waals surface area contributed by atoms with Crippen LogP contribution in [0.3, 0.4) is 0 Å². The topological polar surface area (TPSA) is 125 Å². The molecule has 3 unspecified atom stereocenters. The van der Waals surface area contributed by atoms with Crippen LogP contribution in [0.25, 0.3) is 10.8 Å². The summed E-state index contributed by atoms with van der Waals surface area (Å²) in [5, 5.41) is 18.2. The number of esters is 1. The summed E-state index contributed by atoms with van der Waals surface area (Å²) >= 11 is 0. The number of ether oxygens (including phenoxy) is 1. The van der Waals surface area contributed by atoms with Gasteiger partial charge in [-0.3, -0.25) is 14.4 Å². The van der Waals surface area contributed by atoms with Crippen LogP contribution in [0.2, 0.25) is 0 Å². The predicted molar refractivity (Wildman–Crippen MR) is 156 cm³/mol. The van der Waals surface area contributed by atoms with Crippen LogP contribution in [0.5, 0.6) is 0 Å². The van der Waals surface area contributed by atoms with Gasteiger partial charge in [0.2, 0.25) is 11.8 Å². The summed E-state index contributed by atoms with van der Waals surface area (Å²) in [6.07, 6.45) is 5.54. The number of carbonyl (C=O) groups excluding carboxylic acids is 4. The number of fused-ring (bicyclic) bond motifs is 1. The molecule has 1 aliphatic heterocycles. The smallest absolute Gasteiger partial charge is 0.336 e. The molecule has 1 aliphatic carbocycles. The van der Waals surface area contributed by atoms with E-state index in [2.05, 4.69) is 15.4 Å². The van der Waals surface area contributed by atoms with Crippen LogP contribution in [0.15, 0.2) is 42.5 Å². The Hall–Kier alpha value is -3.46. The fourth-order valence-corrected chi connectivity index (χ4v) is 6.19. The fourth-order valence-electron chi connectivity index (χ4n) is 6.19. The molecule has 2 aliphatic rings. The Morgan fingerprint density at radius 3 is 2.34 bits per heavy atom. The van der Waals surface area contributed by atoms with E-state index in [0.29, 0.717) is 37.3 Å². The summed E-state index contributed by atoms with van der Waals surface area (Å²) in [6.45, 7) is 3.98. The molecule has 1 heterocycles. The number of benzene rings is 2. The molecule has 3 amide bonds. The number of hydrogen-bond acceptors (Lipinski definition) is 6. The molecule has 2 aromatic rings. The van der Waals surface area contributed by atoms with E-state index in [0.717, 1.165) is 36.5 Å². The maximum Gasteiger partial charge on any atom is 0.336 e. The van der Waals surface area contributed by atoms with Crippen LogP contribution in [0.4, 0.5) is 0 Å². The van der Waals surface area contributed by atoms with Gasteiger partial charge in [-0.2, -0.15) is 0 Å². The molecule has 41 heavy (non-hydrogen) atoms. The van der Waals surface area contributed by atoms with E-state index >= 15 is 0 Å². The second-order valence-electron chi connectivity index (χ2n) is 11.8. The van der Waals surface area contributed by atoms with Gasteiger partial charge in [0.1, 0.15) is 12.1 Å². The van der Waals surface area contributed by atoms with E-state index < -0.39 is 36.1 Å². The lowest BCUT2D eigenvalue weighted by molar-refractivity contribution is -0.153. The summed E-state index contributed by atoms with van der Waals surface area (Å²) in [7, 11) is 1.18. The lowest BCUT2D eigenvalue weighted by Gasteiger charge is -2.33. The lowest BCUT2D eigenvalue weighted by Crippen LogP contribution is -2.57. The van der Waals surface area contributed by atoms with E-state index in [1.807, 2.05) is 36.4 Å². The van der Waals surface area contributed by atoms with Crippen molar-refractivity contribution in [1.82, 2.24) is 15.5 Å². The molecule has 9 heteroatoms. The summed E-state index contributed by atoms with van der Waals surface area (Å²) < 4.78 is 4.67. The molecular weight excluding hydrogens is 522 g/mol. The van der Waals surface area contributed by atoms with Crippen molar-refractivity contribution in [2.45, 2.75) is 89.4 Å². The first-order valence-corrected chi connectivity index (χ1v) is 14.9. The highest BCUT2D eigenvalue weighted by molar-refractivity contribution is 6.01. The SMILES string of the molecule is COC(=O)C(O)C(NC(=O)[C@@H]1CCCN1C(=O)C(CC1CCCCC1)NC(=O)c1ccc2ccccc2c1)C(C)C. The number of methoxy groups -OCH3 is 1. The lowest BCUT2D eigenvalue weighted by atomic mass is 9.84. The van der Waals surface area contributed by atoms with Gasteiger partial charge in [-0.05, 0) is 54.0 Å². The number of hydrogen-bond donors (Lipinski definition) is 3. The van der Waals surface area contributed by atoms with Crippen LogP contribution in [0, 0.1) is 11.8 Å². The molecular formula is C32H43N3O6. The fraction of sp³-hybridized carbons (Fsp3) is 0.562. The Morgan fingerprint density at radius 1 is 0.951 bits per heavy atom. The zero-order valence-electron chi connectivity index (χ0n) is 24.3. The van der Waals surface area contributed by atoms with Crippen molar-refractivity contribution in [2.75, 3.05) is 13.7 Å². The highest BCUT2D eigenvalue weighted by atomic mass is 16.5. The number of aliphatic hydroxyl groups excluding tert-OH is 1. The van der Waals surface area contributed by atoms with E-state index in [-0.39, 0.29) is 17.7 Å². The monoisotopic (exact) mass is 565 g/mol. The van der Waals surface area contributed by atoms with Gasteiger partial charge >= 0.3 is 5.97 Å². The molecule has 2 aromatic carbocycles. The first-order chi connectivity index (χ1) is 19.7. The molecule has 2 fully saturated rings. The minimum Gasteiger partial charge on any atom is -0.467 e.